The van der Waals surface area contributed by atoms with Crippen LogP contribution in [0.5, 0.6) is 0 Å². The van der Waals surface area contributed by atoms with E-state index < -0.39 is 21.8 Å². The van der Waals surface area contributed by atoms with Crippen molar-refractivity contribution in [2.75, 3.05) is 0 Å². The average Bonchev–Trinajstić information content (AvgIpc) is 1.41. The first kappa shape index (κ1) is 24.9. The zero-order chi connectivity index (χ0) is 13.5. The van der Waals surface area contributed by atoms with Gasteiger partial charge in [0.1, 0.15) is 0 Å². The molecule has 0 fully saturated rings. The van der Waals surface area contributed by atoms with Crippen LogP contribution in [-0.4, -0.2) is 21.8 Å². The molecule has 16 heteroatoms. The molecule has 0 bridgehead atoms. The Morgan fingerprint density at radius 2 is 0.312 bits per heavy atom. The van der Waals surface area contributed by atoms with Gasteiger partial charge in [-0.2, -0.15) is 0 Å². The van der Waals surface area contributed by atoms with Gasteiger partial charge in [0.2, 0.25) is 0 Å². The van der Waals surface area contributed by atoms with Gasteiger partial charge in [-0.3, -0.25) is 0 Å². The van der Waals surface area contributed by atoms with Crippen LogP contribution in [0.15, 0.2) is 0 Å². The average molecular weight is 315 g/mol. The van der Waals surface area contributed by atoms with Crippen LogP contribution in [0.25, 0.3) is 0 Å². The molecule has 0 amide bonds. The summed E-state index contributed by atoms with van der Waals surface area (Å²) in [6.45, 7) is 0. The minimum Gasteiger partial charge on any atom is -0.418 e. The zero-order valence-electron chi connectivity index (χ0n) is 6.65. The Morgan fingerprint density at radius 3 is 0.312 bits per heavy atom. The molecule has 0 saturated heterocycles. The van der Waals surface area contributed by atoms with E-state index in [0.717, 1.165) is 0 Å². The molecule has 16 heavy (non-hydrogen) atoms. The molecule has 0 aliphatic carbocycles. The fourth-order valence-corrected chi connectivity index (χ4v) is 0. The fourth-order valence-electron chi connectivity index (χ4n) is 0. The second-order valence-corrected chi connectivity index (χ2v) is 1.48. The normalized spacial score (nSPS) is 11.2. The Labute approximate surface area is 91.5 Å². The monoisotopic (exact) mass is 316 g/mol. The van der Waals surface area contributed by atoms with Crippen molar-refractivity contribution < 1.29 is 68.9 Å². The number of halogens is 12. The van der Waals surface area contributed by atoms with E-state index in [9.17, 15) is 51.8 Å². The molecule has 0 spiro atoms. The molecule has 0 saturated carbocycles. The summed E-state index contributed by atoms with van der Waals surface area (Å²) in [4.78, 5) is 0. The first-order valence-corrected chi connectivity index (χ1v) is 2.62. The summed E-state index contributed by atoms with van der Waals surface area (Å²) in [5, 5.41) is 0. The van der Waals surface area contributed by atoms with Crippen LogP contribution in [0.4, 0.5) is 51.8 Å². The second kappa shape index (κ2) is 8.96. The molecule has 103 valence electrons. The van der Waals surface area contributed by atoms with Gasteiger partial charge >= 0.3 is 21.8 Å². The van der Waals surface area contributed by atoms with Crippen LogP contribution >= 0.6 is 0 Å². The molecule has 1 radical (unpaired) electrons. The molecule has 0 unspecified atom stereocenters. The molecule has 0 N–H and O–H groups in total. The molecule has 0 heterocycles. The van der Waals surface area contributed by atoms with Crippen molar-refractivity contribution in [2.45, 2.75) is 0 Å². The third-order valence-corrected chi connectivity index (χ3v) is 0. The van der Waals surface area contributed by atoms with Crippen molar-refractivity contribution in [3.63, 3.8) is 0 Å². The molecule has 0 atom stereocenters. The van der Waals surface area contributed by atoms with Crippen LogP contribution < -0.4 is 0 Å². The summed E-state index contributed by atoms with van der Waals surface area (Å²) in [6.07, 6.45) is 0. The predicted octanol–water partition coefficient (Wildman–Crippen LogP) is 3.90. The van der Waals surface area contributed by atoms with Gasteiger partial charge in [-0.15, -0.1) is 0 Å². The minimum absolute atomic E-state index is 0. The Hall–Kier alpha value is -0.126. The van der Waals surface area contributed by atoms with Crippen LogP contribution in [0.3, 0.4) is 0 Å². The number of hydrogen-bond donors (Lipinski definition) is 0. The molecule has 0 aromatic rings. The Morgan fingerprint density at radius 1 is 0.312 bits per heavy atom. The van der Waals surface area contributed by atoms with E-state index in [1.165, 1.54) is 0 Å². The molecule has 0 rings (SSSR count). The molecular weight excluding hydrogens is 315 g/mol. The van der Waals surface area contributed by atoms with Crippen molar-refractivity contribution in [3.8, 4) is 0 Å². The van der Waals surface area contributed by atoms with E-state index in [4.69, 9.17) is 0 Å². The quantitative estimate of drug-likeness (QED) is 0.470. The van der Waals surface area contributed by atoms with Gasteiger partial charge in [-0.1, -0.05) is 0 Å². The van der Waals surface area contributed by atoms with Crippen molar-refractivity contribution in [1.29, 1.82) is 0 Å². The van der Waals surface area contributed by atoms with Crippen molar-refractivity contribution in [1.82, 2.24) is 0 Å². The Bertz CT molecular complexity index is 91.3. The topological polar surface area (TPSA) is 0 Å². The van der Waals surface area contributed by atoms with Gasteiger partial charge in [-0.25, -0.2) is 0 Å². The zero-order valence-corrected chi connectivity index (χ0v) is 7.83. The van der Waals surface area contributed by atoms with Crippen LogP contribution in [0.2, 0.25) is 0 Å². The first-order chi connectivity index (χ1) is 6.00. The fraction of sp³-hybridized carbons (Fsp3) is 0. The number of hydrogen-bond acceptors (Lipinski definition) is 0. The van der Waals surface area contributed by atoms with E-state index in [1.807, 2.05) is 0 Å². The summed E-state index contributed by atoms with van der Waals surface area (Å²) >= 11 is 0. The van der Waals surface area contributed by atoms with Gasteiger partial charge in [0.25, 0.3) is 0 Å². The molecular formula is B3F12Mn-3. The summed E-state index contributed by atoms with van der Waals surface area (Å²) < 4.78 is 117. The maximum atomic E-state index is 9.75. The van der Waals surface area contributed by atoms with E-state index in [0.29, 0.717) is 0 Å². The SMILES string of the molecule is F[B-](F)(F)F.F[B-](F)(F)F.F[B-](F)(F)F.[Mn]. The molecule has 0 aromatic heterocycles. The Kier molecular flexibility index (Phi) is 14.0. The van der Waals surface area contributed by atoms with Crippen LogP contribution in [-0.2, 0) is 17.1 Å². The summed E-state index contributed by atoms with van der Waals surface area (Å²) in [7, 11) is -18.0. The molecule has 0 aliphatic heterocycles. The largest absolute Gasteiger partial charge is 0.673 e. The third kappa shape index (κ3) is 146000. The van der Waals surface area contributed by atoms with Gasteiger partial charge in [0, 0.05) is 17.1 Å². The van der Waals surface area contributed by atoms with Crippen molar-refractivity contribution in [2.24, 2.45) is 0 Å². The summed E-state index contributed by atoms with van der Waals surface area (Å²) in [5.74, 6) is 0. The van der Waals surface area contributed by atoms with Crippen molar-refractivity contribution >= 4 is 21.8 Å². The van der Waals surface area contributed by atoms with Crippen LogP contribution in [0.1, 0.15) is 0 Å². The standard InChI is InChI=1S/3BF4.Mn/c3*2-1(3,4)5;/q3*-1;. The van der Waals surface area contributed by atoms with Gasteiger partial charge in [-0.05, 0) is 0 Å². The van der Waals surface area contributed by atoms with Gasteiger partial charge in [0.15, 0.2) is 0 Å². The van der Waals surface area contributed by atoms with E-state index >= 15 is 0 Å². The van der Waals surface area contributed by atoms with Gasteiger partial charge < -0.3 is 51.8 Å². The van der Waals surface area contributed by atoms with E-state index in [-0.39, 0.29) is 17.1 Å². The van der Waals surface area contributed by atoms with Gasteiger partial charge in [0.05, 0.1) is 0 Å². The molecule has 0 aliphatic rings. The first-order valence-electron chi connectivity index (χ1n) is 2.62. The molecule has 0 nitrogen and oxygen atoms in total. The maximum Gasteiger partial charge on any atom is 0.673 e. The smallest absolute Gasteiger partial charge is 0.418 e. The third-order valence-electron chi connectivity index (χ3n) is 0. The maximum absolute atomic E-state index is 9.75. The second-order valence-electron chi connectivity index (χ2n) is 1.48. The van der Waals surface area contributed by atoms with E-state index in [2.05, 4.69) is 0 Å². The predicted molar refractivity (Wildman–Crippen MR) is 30.6 cm³/mol. The van der Waals surface area contributed by atoms with E-state index in [1.54, 1.807) is 0 Å². The Balaban J connectivity index is -0.0000000655. The van der Waals surface area contributed by atoms with Crippen molar-refractivity contribution in [3.05, 3.63) is 0 Å². The summed E-state index contributed by atoms with van der Waals surface area (Å²) in [6, 6.07) is 0. The molecule has 0 aromatic carbocycles. The van der Waals surface area contributed by atoms with Crippen LogP contribution in [0, 0.1) is 0 Å². The summed E-state index contributed by atoms with van der Waals surface area (Å²) in [5.41, 5.74) is 0. The number of rotatable bonds is 0. The minimum atomic E-state index is -6.00.